The van der Waals surface area contributed by atoms with Gasteiger partial charge in [0.1, 0.15) is 11.6 Å². The van der Waals surface area contributed by atoms with Crippen LogP contribution in [0.5, 0.6) is 5.75 Å². The maximum atomic E-state index is 13.2. The molecule has 0 atom stereocenters. The van der Waals surface area contributed by atoms with Crippen LogP contribution in [0.1, 0.15) is 17.0 Å². The van der Waals surface area contributed by atoms with E-state index in [2.05, 4.69) is 4.98 Å². The third kappa shape index (κ3) is 2.39. The van der Waals surface area contributed by atoms with Crippen LogP contribution in [0.4, 0.5) is 0 Å². The van der Waals surface area contributed by atoms with Gasteiger partial charge in [-0.2, -0.15) is 0 Å². The maximum Gasteiger partial charge on any atom is 0.269 e. The summed E-state index contributed by atoms with van der Waals surface area (Å²) in [6.45, 7) is 5.29. The molecule has 3 aromatic rings. The number of para-hydroxylation sites is 2. The maximum absolute atomic E-state index is 13.2. The van der Waals surface area contributed by atoms with Crippen molar-refractivity contribution in [3.8, 4) is 5.75 Å². The Labute approximate surface area is 135 Å². The highest BCUT2D eigenvalue weighted by atomic mass is 32.2. The van der Waals surface area contributed by atoms with Crippen molar-refractivity contribution in [2.45, 2.75) is 25.7 Å². The van der Waals surface area contributed by atoms with E-state index in [1.165, 1.54) is 3.97 Å². The van der Waals surface area contributed by atoms with Crippen LogP contribution in [0.3, 0.4) is 0 Å². The van der Waals surface area contributed by atoms with Gasteiger partial charge in [-0.15, -0.1) is 0 Å². The Kier molecular flexibility index (Phi) is 3.64. The van der Waals surface area contributed by atoms with Crippen molar-refractivity contribution in [1.82, 2.24) is 8.96 Å². The molecule has 1 aromatic heterocycles. The van der Waals surface area contributed by atoms with Gasteiger partial charge in [-0.1, -0.05) is 12.1 Å². The smallest absolute Gasteiger partial charge is 0.269 e. The van der Waals surface area contributed by atoms with Gasteiger partial charge in [0.2, 0.25) is 0 Å². The van der Waals surface area contributed by atoms with Crippen LogP contribution >= 0.6 is 0 Å². The zero-order valence-electron chi connectivity index (χ0n) is 13.5. The largest absolute Gasteiger partial charge is 0.496 e. The number of hydrogen-bond donors (Lipinski definition) is 0. The first kappa shape index (κ1) is 15.6. The molecule has 0 aliphatic carbocycles. The second-order valence-electron chi connectivity index (χ2n) is 5.50. The number of fused-ring (bicyclic) bond motifs is 1. The van der Waals surface area contributed by atoms with Gasteiger partial charge < -0.3 is 4.74 Å². The van der Waals surface area contributed by atoms with Crippen LogP contribution < -0.4 is 4.74 Å². The Morgan fingerprint density at radius 1 is 1.04 bits per heavy atom. The van der Waals surface area contributed by atoms with E-state index in [-0.39, 0.29) is 4.90 Å². The van der Waals surface area contributed by atoms with Crippen LogP contribution in [0.25, 0.3) is 11.0 Å². The summed E-state index contributed by atoms with van der Waals surface area (Å²) in [7, 11) is -2.16. The number of nitrogens with zero attached hydrogens (tertiary/aromatic N) is 2. The molecule has 0 saturated carbocycles. The Hall–Kier alpha value is -2.34. The number of ether oxygens (including phenoxy) is 1. The van der Waals surface area contributed by atoms with Gasteiger partial charge in [0.25, 0.3) is 10.0 Å². The van der Waals surface area contributed by atoms with Gasteiger partial charge in [0.05, 0.1) is 23.0 Å². The zero-order chi connectivity index (χ0) is 16.8. The summed E-state index contributed by atoms with van der Waals surface area (Å²) in [6.07, 6.45) is 0. The van der Waals surface area contributed by atoms with Crippen LogP contribution in [-0.2, 0) is 10.0 Å². The first-order valence-electron chi connectivity index (χ1n) is 7.21. The second-order valence-corrected chi connectivity index (χ2v) is 7.26. The molecule has 0 aliphatic rings. The predicted molar refractivity (Wildman–Crippen MR) is 89.5 cm³/mol. The molecule has 0 N–H and O–H groups in total. The third-order valence-corrected chi connectivity index (χ3v) is 5.82. The van der Waals surface area contributed by atoms with Gasteiger partial charge in [-0.25, -0.2) is 17.4 Å². The summed E-state index contributed by atoms with van der Waals surface area (Å²) in [5.74, 6) is 1.12. The average Bonchev–Trinajstić information content (AvgIpc) is 2.85. The van der Waals surface area contributed by atoms with Crippen molar-refractivity contribution in [1.29, 1.82) is 0 Å². The molecule has 5 nitrogen and oxygen atoms in total. The van der Waals surface area contributed by atoms with Crippen LogP contribution in [0, 0.1) is 20.8 Å². The lowest BCUT2D eigenvalue weighted by molar-refractivity contribution is 0.411. The molecular weight excluding hydrogens is 312 g/mol. The summed E-state index contributed by atoms with van der Waals surface area (Å²) in [5, 5.41) is 0. The fourth-order valence-corrected chi connectivity index (χ4v) is 4.58. The van der Waals surface area contributed by atoms with E-state index in [0.717, 1.165) is 5.56 Å². The van der Waals surface area contributed by atoms with Crippen LogP contribution in [0.15, 0.2) is 41.3 Å². The lowest BCUT2D eigenvalue weighted by atomic mass is 10.1. The molecule has 23 heavy (non-hydrogen) atoms. The number of aromatic nitrogens is 2. The van der Waals surface area contributed by atoms with Gasteiger partial charge in [0, 0.05) is 0 Å². The van der Waals surface area contributed by atoms with Crippen molar-refractivity contribution in [3.05, 3.63) is 53.3 Å². The van der Waals surface area contributed by atoms with E-state index >= 15 is 0 Å². The van der Waals surface area contributed by atoms with Crippen LogP contribution in [-0.4, -0.2) is 24.5 Å². The molecule has 0 spiro atoms. The van der Waals surface area contributed by atoms with E-state index in [9.17, 15) is 8.42 Å². The van der Waals surface area contributed by atoms with Crippen LogP contribution in [0.2, 0.25) is 0 Å². The summed E-state index contributed by atoms with van der Waals surface area (Å²) in [4.78, 5) is 4.62. The third-order valence-electron chi connectivity index (χ3n) is 3.89. The first-order valence-corrected chi connectivity index (χ1v) is 8.65. The lowest BCUT2D eigenvalue weighted by Crippen LogP contribution is -2.16. The van der Waals surface area contributed by atoms with Crippen molar-refractivity contribution in [3.63, 3.8) is 0 Å². The molecule has 0 radical (unpaired) electrons. The quantitative estimate of drug-likeness (QED) is 0.740. The number of hydrogen-bond acceptors (Lipinski definition) is 4. The topological polar surface area (TPSA) is 61.2 Å². The SMILES string of the molecule is COc1cc(C)c(S(=O)(=O)n2c(C)nc3ccccc32)cc1C. The van der Waals surface area contributed by atoms with Crippen molar-refractivity contribution >= 4 is 21.1 Å². The van der Waals surface area contributed by atoms with Gasteiger partial charge in [-0.05, 0) is 56.2 Å². The molecule has 6 heteroatoms. The molecule has 1 heterocycles. The van der Waals surface area contributed by atoms with E-state index in [1.807, 2.05) is 19.1 Å². The summed E-state index contributed by atoms with van der Waals surface area (Å²) >= 11 is 0. The fourth-order valence-electron chi connectivity index (χ4n) is 2.79. The Morgan fingerprint density at radius 3 is 2.43 bits per heavy atom. The summed E-state index contributed by atoms with van der Waals surface area (Å²) in [5.41, 5.74) is 2.66. The predicted octanol–water partition coefficient (Wildman–Crippen LogP) is 3.21. The molecule has 120 valence electrons. The number of imidazole rings is 1. The molecule has 0 fully saturated rings. The zero-order valence-corrected chi connectivity index (χ0v) is 14.3. The molecule has 0 amide bonds. The molecule has 0 aliphatic heterocycles. The molecule has 2 aromatic carbocycles. The molecule has 3 rings (SSSR count). The van der Waals surface area contributed by atoms with Gasteiger partial charge in [-0.3, -0.25) is 0 Å². The molecule has 0 unspecified atom stereocenters. The Morgan fingerprint density at radius 2 is 1.74 bits per heavy atom. The minimum Gasteiger partial charge on any atom is -0.496 e. The normalized spacial score (nSPS) is 11.8. The minimum absolute atomic E-state index is 0.266. The van der Waals surface area contributed by atoms with Gasteiger partial charge >= 0.3 is 0 Å². The lowest BCUT2D eigenvalue weighted by Gasteiger charge is -2.14. The summed E-state index contributed by atoms with van der Waals surface area (Å²) < 4.78 is 32.9. The Balaban J connectivity index is 2.30. The van der Waals surface area contributed by atoms with E-state index in [0.29, 0.717) is 28.2 Å². The van der Waals surface area contributed by atoms with Crippen molar-refractivity contribution < 1.29 is 13.2 Å². The average molecular weight is 330 g/mol. The highest BCUT2D eigenvalue weighted by Gasteiger charge is 2.25. The van der Waals surface area contributed by atoms with Crippen molar-refractivity contribution in [2.75, 3.05) is 7.11 Å². The number of rotatable bonds is 3. The second kappa shape index (κ2) is 5.38. The highest BCUT2D eigenvalue weighted by Crippen LogP contribution is 2.29. The monoisotopic (exact) mass is 330 g/mol. The number of aryl methyl sites for hydroxylation is 3. The Bertz CT molecular complexity index is 1000. The van der Waals surface area contributed by atoms with E-state index < -0.39 is 10.0 Å². The van der Waals surface area contributed by atoms with E-state index in [1.54, 1.807) is 45.2 Å². The minimum atomic E-state index is -3.73. The fraction of sp³-hybridized carbons (Fsp3) is 0.235. The summed E-state index contributed by atoms with van der Waals surface area (Å²) in [6, 6.07) is 10.6. The first-order chi connectivity index (χ1) is 10.9. The van der Waals surface area contributed by atoms with Crippen molar-refractivity contribution in [2.24, 2.45) is 0 Å². The standard InChI is InChI=1S/C17H18N2O3S/c1-11-10-17(12(2)9-16(11)22-4)23(20,21)19-13(3)18-14-7-5-6-8-15(14)19/h5-10H,1-4H3. The molecule has 0 saturated heterocycles. The number of methoxy groups -OCH3 is 1. The van der Waals surface area contributed by atoms with Gasteiger partial charge in [0.15, 0.2) is 0 Å². The highest BCUT2D eigenvalue weighted by molar-refractivity contribution is 7.90. The number of benzene rings is 2. The molecular formula is C17H18N2O3S. The van der Waals surface area contributed by atoms with E-state index in [4.69, 9.17) is 4.74 Å². The molecule has 0 bridgehead atoms.